The first kappa shape index (κ1) is 25.9. The number of rotatable bonds is 8. The van der Waals surface area contributed by atoms with Crippen LogP contribution in [-0.2, 0) is 0 Å². The lowest BCUT2D eigenvalue weighted by atomic mass is 10.4. The predicted molar refractivity (Wildman–Crippen MR) is 177 cm³/mol. The highest BCUT2D eigenvalue weighted by atomic mass is 32.5. The quantitative estimate of drug-likeness (QED) is 0.169. The molecular weight excluding hydrogens is 525 g/mol. The second-order valence-electron chi connectivity index (χ2n) is 9.24. The Balaban J connectivity index is 1.82. The normalized spacial score (nSPS) is 11.5. The summed E-state index contributed by atoms with van der Waals surface area (Å²) in [4.78, 5) is 0. The number of hydrogen-bond donors (Lipinski definition) is 0. The summed E-state index contributed by atoms with van der Waals surface area (Å²) in [6.07, 6.45) is 0. The Morgan fingerprint density at radius 1 is 0.256 bits per heavy atom. The van der Waals surface area contributed by atoms with E-state index in [0.717, 1.165) is 0 Å². The van der Waals surface area contributed by atoms with Crippen molar-refractivity contribution in [1.29, 1.82) is 0 Å². The topological polar surface area (TPSA) is 0 Å². The van der Waals surface area contributed by atoms with Crippen molar-refractivity contribution in [2.75, 3.05) is 0 Å². The van der Waals surface area contributed by atoms with Gasteiger partial charge in [0.15, 0.2) is 0 Å². The van der Waals surface area contributed by atoms with Gasteiger partial charge in [0.05, 0.1) is 0 Å². The first-order valence-electron chi connectivity index (χ1n) is 13.2. The minimum absolute atomic E-state index is 0.798. The predicted octanol–water partition coefficient (Wildman–Crippen LogP) is 7.75. The third-order valence-corrected chi connectivity index (χ3v) is 25.4. The van der Waals surface area contributed by atoms with Crippen LogP contribution in [0.15, 0.2) is 182 Å². The van der Waals surface area contributed by atoms with Gasteiger partial charge in [-0.3, -0.25) is 0 Å². The van der Waals surface area contributed by atoms with E-state index in [2.05, 4.69) is 182 Å². The van der Waals surface area contributed by atoms with Crippen LogP contribution in [-0.4, -0.2) is 0 Å². The van der Waals surface area contributed by atoms with Gasteiger partial charge >= 0.3 is 0 Å². The molecule has 188 valence electrons. The van der Waals surface area contributed by atoms with E-state index in [4.69, 9.17) is 0 Å². The van der Waals surface area contributed by atoms with E-state index in [9.17, 15) is 0 Å². The molecule has 0 nitrogen and oxygen atoms in total. The van der Waals surface area contributed by atoms with Gasteiger partial charge in [-0.05, 0) is 24.3 Å². The van der Waals surface area contributed by atoms with E-state index in [1.165, 1.54) is 31.8 Å². The van der Waals surface area contributed by atoms with Gasteiger partial charge in [0, 0.05) is 21.2 Å². The largest absolute Gasteiger partial charge is 0.134 e. The molecule has 6 aromatic rings. The smallest absolute Gasteiger partial charge is 0.0622 e. The van der Waals surface area contributed by atoms with Crippen molar-refractivity contribution in [3.8, 4) is 0 Å². The van der Waals surface area contributed by atoms with Gasteiger partial charge in [-0.15, -0.1) is 0 Å². The summed E-state index contributed by atoms with van der Waals surface area (Å²) in [5, 5.41) is 8.65. The summed E-state index contributed by atoms with van der Waals surface area (Å²) < 4.78 is 0. The molecule has 0 N–H and O–H groups in total. The van der Waals surface area contributed by atoms with Crippen molar-refractivity contribution in [2.45, 2.75) is 0 Å². The van der Waals surface area contributed by atoms with Crippen LogP contribution in [0.5, 0.6) is 0 Å². The molecule has 6 aromatic carbocycles. The standard InChI is InChI=1S/C36H30P3/c1-7-19-31(20-8-1)37(32-21-9-2-10-22-32)39(35-27-15-5-16-28-35,36-29-17-6-18-30-36)38(33-23-11-3-12-24-33)34-25-13-4-14-26-34/h1-30H/q+1. The van der Waals surface area contributed by atoms with Crippen LogP contribution >= 0.6 is 21.9 Å². The van der Waals surface area contributed by atoms with Crippen molar-refractivity contribution in [1.82, 2.24) is 0 Å². The van der Waals surface area contributed by atoms with E-state index in [0.29, 0.717) is 0 Å². The Hall–Kier alpha value is -3.39. The summed E-state index contributed by atoms with van der Waals surface area (Å²) in [5.74, 6) is 0. The maximum Gasteiger partial charge on any atom is 0.134 e. The first-order chi connectivity index (χ1) is 19.4. The maximum atomic E-state index is 2.41. The fraction of sp³-hybridized carbons (Fsp3) is 0. The molecule has 39 heavy (non-hydrogen) atoms. The average molecular weight is 556 g/mol. The Bertz CT molecular complexity index is 1370. The molecule has 0 aliphatic heterocycles. The molecule has 0 saturated heterocycles. The van der Waals surface area contributed by atoms with E-state index in [1.54, 1.807) is 0 Å². The lowest BCUT2D eigenvalue weighted by Gasteiger charge is -2.40. The first-order valence-corrected chi connectivity index (χ1v) is 19.1. The summed E-state index contributed by atoms with van der Waals surface area (Å²) in [5.41, 5.74) is 0. The van der Waals surface area contributed by atoms with Crippen LogP contribution in [0, 0.1) is 0 Å². The molecule has 0 heterocycles. The van der Waals surface area contributed by atoms with Crippen LogP contribution in [0.1, 0.15) is 0 Å². The lowest BCUT2D eigenvalue weighted by Crippen LogP contribution is -2.31. The highest BCUT2D eigenvalue weighted by molar-refractivity contribution is 8.78. The van der Waals surface area contributed by atoms with Crippen molar-refractivity contribution in [3.63, 3.8) is 0 Å². The zero-order valence-corrected chi connectivity index (χ0v) is 24.3. The van der Waals surface area contributed by atoms with E-state index < -0.39 is 21.9 Å². The van der Waals surface area contributed by atoms with Crippen molar-refractivity contribution in [3.05, 3.63) is 182 Å². The van der Waals surface area contributed by atoms with Crippen molar-refractivity contribution in [2.24, 2.45) is 0 Å². The van der Waals surface area contributed by atoms with Gasteiger partial charge in [0.25, 0.3) is 0 Å². The summed E-state index contributed by atoms with van der Waals surface area (Å²) >= 11 is 0. The average Bonchev–Trinajstić information content (AvgIpc) is 3.03. The Labute approximate surface area is 235 Å². The second-order valence-corrected chi connectivity index (χ2v) is 21.7. The zero-order chi connectivity index (χ0) is 26.3. The van der Waals surface area contributed by atoms with Crippen LogP contribution < -0.4 is 31.8 Å². The number of benzene rings is 6. The SMILES string of the molecule is c1ccc(P(c2ccccc2)[P+](c2ccccc2)(c2ccccc2)P(c2ccccc2)c2ccccc2)cc1. The molecule has 0 aromatic heterocycles. The van der Waals surface area contributed by atoms with Gasteiger partial charge in [-0.1, -0.05) is 158 Å². The van der Waals surface area contributed by atoms with E-state index in [1.807, 2.05) is 0 Å². The van der Waals surface area contributed by atoms with Crippen LogP contribution in [0.4, 0.5) is 0 Å². The maximum absolute atomic E-state index is 2.41. The highest BCUT2D eigenvalue weighted by Gasteiger charge is 2.59. The van der Waals surface area contributed by atoms with E-state index >= 15 is 0 Å². The number of hydrogen-bond acceptors (Lipinski definition) is 0. The molecule has 0 spiro atoms. The molecule has 0 fully saturated rings. The Morgan fingerprint density at radius 2 is 0.462 bits per heavy atom. The summed E-state index contributed by atoms with van der Waals surface area (Å²) in [6.45, 7) is -2.18. The van der Waals surface area contributed by atoms with Crippen molar-refractivity contribution >= 4 is 53.7 Å². The molecule has 0 atom stereocenters. The van der Waals surface area contributed by atoms with Gasteiger partial charge in [0.2, 0.25) is 0 Å². The molecule has 3 heteroatoms. The molecule has 0 unspecified atom stereocenters. The van der Waals surface area contributed by atoms with Crippen LogP contribution in [0.3, 0.4) is 0 Å². The Morgan fingerprint density at radius 3 is 0.692 bits per heavy atom. The van der Waals surface area contributed by atoms with Crippen molar-refractivity contribution < 1.29 is 0 Å². The third kappa shape index (κ3) is 5.14. The van der Waals surface area contributed by atoms with Gasteiger partial charge in [-0.25, -0.2) is 0 Å². The van der Waals surface area contributed by atoms with Crippen LogP contribution in [0.25, 0.3) is 0 Å². The van der Waals surface area contributed by atoms with Gasteiger partial charge < -0.3 is 0 Å². The molecule has 6 rings (SSSR count). The second kappa shape index (κ2) is 12.2. The fourth-order valence-corrected chi connectivity index (χ4v) is 27.4. The monoisotopic (exact) mass is 555 g/mol. The van der Waals surface area contributed by atoms with E-state index in [-0.39, 0.29) is 0 Å². The zero-order valence-electron chi connectivity index (χ0n) is 21.7. The summed E-state index contributed by atoms with van der Waals surface area (Å²) in [6, 6.07) is 68.1. The fourth-order valence-electron chi connectivity index (χ4n) is 5.22. The molecule has 0 radical (unpaired) electrons. The molecule has 0 amide bonds. The molecular formula is C36H30P3+. The minimum atomic E-state index is -2.18. The van der Waals surface area contributed by atoms with Crippen LogP contribution in [0.2, 0.25) is 0 Å². The molecule has 0 bridgehead atoms. The van der Waals surface area contributed by atoms with Gasteiger partial charge in [0.1, 0.15) is 32.5 Å². The molecule has 0 saturated carbocycles. The highest BCUT2D eigenvalue weighted by Crippen LogP contribution is 2.96. The summed E-state index contributed by atoms with van der Waals surface area (Å²) in [7, 11) is -1.60. The third-order valence-electron chi connectivity index (χ3n) is 6.81. The molecule has 0 aliphatic rings. The Kier molecular flexibility index (Phi) is 8.09. The van der Waals surface area contributed by atoms with Gasteiger partial charge in [-0.2, -0.15) is 0 Å². The minimum Gasteiger partial charge on any atom is -0.0622 e. The molecule has 0 aliphatic carbocycles. The lowest BCUT2D eigenvalue weighted by molar-refractivity contribution is 1.74.